The molecule has 0 aliphatic heterocycles. The molecule has 0 atom stereocenters. The molecule has 1 aromatic rings. The molecular weight excluding hydrogens is 530 g/mol. The number of rotatable bonds is 32. The standard InChI is InChI=1S/C40H74N.ClH/c1-3-5-7-9-11-13-15-17-19-21-23-25-27-29-31-33-37-41-38-35-40(36-39-41)34-32-30-28-26-24-22-20-18-16-14-12-10-8-6-4-2;/h17,19,35-36,38-39H,3-16,18,20-34,37H2,1-2H3;1H/q+1;/b19-17-;. The number of aryl methyl sites for hydroxylation is 2. The van der Waals surface area contributed by atoms with Crippen molar-refractivity contribution < 1.29 is 4.57 Å². The maximum atomic E-state index is 2.44. The van der Waals surface area contributed by atoms with Gasteiger partial charge in [0, 0.05) is 18.6 Å². The molecule has 0 aliphatic rings. The number of unbranched alkanes of at least 4 members (excludes halogenated alkanes) is 26. The summed E-state index contributed by atoms with van der Waals surface area (Å²) in [7, 11) is 0. The second-order valence-electron chi connectivity index (χ2n) is 13.1. The second-order valence-corrected chi connectivity index (χ2v) is 13.1. The van der Waals surface area contributed by atoms with Gasteiger partial charge >= 0.3 is 0 Å². The first-order valence-corrected chi connectivity index (χ1v) is 19.0. The monoisotopic (exact) mass is 605 g/mol. The highest BCUT2D eigenvalue weighted by Gasteiger charge is 2.02. The molecule has 0 saturated heterocycles. The Bertz CT molecular complexity index is 652. The van der Waals surface area contributed by atoms with Crippen LogP contribution in [0.4, 0.5) is 0 Å². The summed E-state index contributed by atoms with van der Waals surface area (Å²) < 4.78 is 2.39. The van der Waals surface area contributed by atoms with Gasteiger partial charge in [0.1, 0.15) is 6.54 Å². The molecule has 0 radical (unpaired) electrons. The SMILES string of the molecule is CCCCCCCC/C=C\CCCCCCCC[n+]1ccc(CCCCCCCCCCCCCCCCC)cc1.Cl. The summed E-state index contributed by atoms with van der Waals surface area (Å²) in [6.45, 7) is 5.78. The molecule has 0 amide bonds. The van der Waals surface area contributed by atoms with Crippen LogP contribution in [0.15, 0.2) is 36.7 Å². The van der Waals surface area contributed by atoms with E-state index in [2.05, 4.69) is 55.1 Å². The fourth-order valence-corrected chi connectivity index (χ4v) is 6.05. The van der Waals surface area contributed by atoms with Crippen LogP contribution in [-0.4, -0.2) is 0 Å². The van der Waals surface area contributed by atoms with E-state index in [1.54, 1.807) is 0 Å². The molecule has 0 aliphatic carbocycles. The van der Waals surface area contributed by atoms with Crippen molar-refractivity contribution >= 4 is 12.4 Å². The molecule has 0 unspecified atom stereocenters. The Balaban J connectivity index is 0.0000168. The van der Waals surface area contributed by atoms with Gasteiger partial charge in [0.2, 0.25) is 0 Å². The highest BCUT2D eigenvalue weighted by atomic mass is 35.5. The average Bonchev–Trinajstić information content (AvgIpc) is 2.99. The van der Waals surface area contributed by atoms with Crippen LogP contribution in [0.5, 0.6) is 0 Å². The number of pyridine rings is 1. The molecule has 0 fully saturated rings. The Hall–Kier alpha value is -0.820. The Morgan fingerprint density at radius 1 is 0.429 bits per heavy atom. The first kappa shape index (κ1) is 41.2. The van der Waals surface area contributed by atoms with Gasteiger partial charge in [-0.1, -0.05) is 167 Å². The lowest BCUT2D eigenvalue weighted by Gasteiger charge is -2.04. The van der Waals surface area contributed by atoms with Gasteiger partial charge in [-0.2, -0.15) is 0 Å². The minimum atomic E-state index is 0. The quantitative estimate of drug-likeness (QED) is 0.0437. The van der Waals surface area contributed by atoms with E-state index < -0.39 is 0 Å². The van der Waals surface area contributed by atoms with Crippen LogP contribution in [0.3, 0.4) is 0 Å². The Morgan fingerprint density at radius 3 is 1.17 bits per heavy atom. The molecule has 42 heavy (non-hydrogen) atoms. The molecule has 0 bridgehead atoms. The van der Waals surface area contributed by atoms with E-state index in [1.165, 1.54) is 205 Å². The van der Waals surface area contributed by atoms with Crippen molar-refractivity contribution in [1.29, 1.82) is 0 Å². The van der Waals surface area contributed by atoms with Crippen LogP contribution in [0.1, 0.15) is 206 Å². The van der Waals surface area contributed by atoms with E-state index in [1.807, 2.05) is 0 Å². The van der Waals surface area contributed by atoms with Crippen LogP contribution in [0.25, 0.3) is 0 Å². The smallest absolute Gasteiger partial charge is 0.169 e. The van der Waals surface area contributed by atoms with Crippen molar-refractivity contribution in [3.63, 3.8) is 0 Å². The van der Waals surface area contributed by atoms with Crippen molar-refractivity contribution in [3.05, 3.63) is 42.2 Å². The summed E-state index contributed by atoms with van der Waals surface area (Å²) in [6, 6.07) is 4.73. The summed E-state index contributed by atoms with van der Waals surface area (Å²) in [4.78, 5) is 0. The predicted molar refractivity (Wildman–Crippen MR) is 192 cm³/mol. The molecule has 0 N–H and O–H groups in total. The Morgan fingerprint density at radius 2 is 0.762 bits per heavy atom. The van der Waals surface area contributed by atoms with Gasteiger partial charge in [-0.15, -0.1) is 12.4 Å². The number of hydrogen-bond acceptors (Lipinski definition) is 0. The predicted octanol–water partition coefficient (Wildman–Crippen LogP) is 13.8. The van der Waals surface area contributed by atoms with Crippen LogP contribution in [-0.2, 0) is 13.0 Å². The number of hydrogen-bond donors (Lipinski definition) is 0. The molecule has 0 spiro atoms. The highest BCUT2D eigenvalue weighted by molar-refractivity contribution is 5.85. The fourth-order valence-electron chi connectivity index (χ4n) is 6.05. The molecule has 0 aromatic carbocycles. The van der Waals surface area contributed by atoms with Gasteiger partial charge in [0.25, 0.3) is 0 Å². The summed E-state index contributed by atoms with van der Waals surface area (Å²) in [5.74, 6) is 0. The van der Waals surface area contributed by atoms with E-state index >= 15 is 0 Å². The number of halogens is 1. The first-order valence-electron chi connectivity index (χ1n) is 19.0. The lowest BCUT2D eigenvalue weighted by Crippen LogP contribution is -2.32. The maximum Gasteiger partial charge on any atom is 0.169 e. The van der Waals surface area contributed by atoms with E-state index in [4.69, 9.17) is 0 Å². The van der Waals surface area contributed by atoms with Crippen LogP contribution < -0.4 is 4.57 Å². The largest absolute Gasteiger partial charge is 0.205 e. The third kappa shape index (κ3) is 29.3. The van der Waals surface area contributed by atoms with Crippen LogP contribution in [0, 0.1) is 0 Å². The zero-order chi connectivity index (χ0) is 29.3. The van der Waals surface area contributed by atoms with Gasteiger partial charge < -0.3 is 0 Å². The normalized spacial score (nSPS) is 11.4. The number of aromatic nitrogens is 1. The first-order chi connectivity index (χ1) is 20.4. The lowest BCUT2D eigenvalue weighted by molar-refractivity contribution is -0.697. The molecular formula is C40H75ClN+. The van der Waals surface area contributed by atoms with Crippen LogP contribution >= 0.6 is 12.4 Å². The zero-order valence-corrected chi connectivity index (χ0v) is 29.6. The van der Waals surface area contributed by atoms with Gasteiger partial charge in [0.05, 0.1) is 0 Å². The summed E-state index contributed by atoms with van der Waals surface area (Å²) in [6.07, 6.45) is 51.7. The van der Waals surface area contributed by atoms with Crippen molar-refractivity contribution in [2.24, 2.45) is 0 Å². The zero-order valence-electron chi connectivity index (χ0n) is 28.7. The van der Waals surface area contributed by atoms with Crippen LogP contribution in [0.2, 0.25) is 0 Å². The van der Waals surface area contributed by atoms with E-state index in [0.717, 1.165) is 0 Å². The van der Waals surface area contributed by atoms with Gasteiger partial charge in [-0.3, -0.25) is 0 Å². The summed E-state index contributed by atoms with van der Waals surface area (Å²) in [5.41, 5.74) is 1.52. The Kier molecular flexibility index (Phi) is 34.0. The van der Waals surface area contributed by atoms with Crippen molar-refractivity contribution in [2.75, 3.05) is 0 Å². The van der Waals surface area contributed by atoms with E-state index in [9.17, 15) is 0 Å². The molecule has 1 nitrogen and oxygen atoms in total. The minimum Gasteiger partial charge on any atom is -0.205 e. The molecule has 246 valence electrons. The van der Waals surface area contributed by atoms with Crippen molar-refractivity contribution in [2.45, 2.75) is 213 Å². The highest BCUT2D eigenvalue weighted by Crippen LogP contribution is 2.14. The fraction of sp³-hybridized carbons (Fsp3) is 0.825. The van der Waals surface area contributed by atoms with E-state index in [-0.39, 0.29) is 12.4 Å². The molecule has 2 heteroatoms. The third-order valence-corrected chi connectivity index (χ3v) is 8.96. The van der Waals surface area contributed by atoms with Gasteiger partial charge in [0.15, 0.2) is 12.4 Å². The summed E-state index contributed by atoms with van der Waals surface area (Å²) >= 11 is 0. The third-order valence-electron chi connectivity index (χ3n) is 8.96. The maximum absolute atomic E-state index is 2.44. The minimum absolute atomic E-state index is 0. The number of nitrogens with zero attached hydrogens (tertiary/aromatic N) is 1. The van der Waals surface area contributed by atoms with Gasteiger partial charge in [-0.25, -0.2) is 4.57 Å². The topological polar surface area (TPSA) is 3.88 Å². The average molecular weight is 606 g/mol. The second kappa shape index (κ2) is 34.7. The lowest BCUT2D eigenvalue weighted by atomic mass is 10.0. The van der Waals surface area contributed by atoms with Crippen molar-refractivity contribution in [1.82, 2.24) is 0 Å². The molecule has 1 aromatic heterocycles. The molecule has 1 heterocycles. The number of allylic oxidation sites excluding steroid dienone is 2. The molecule has 1 rings (SSSR count). The van der Waals surface area contributed by atoms with Crippen molar-refractivity contribution in [3.8, 4) is 0 Å². The summed E-state index contributed by atoms with van der Waals surface area (Å²) in [5, 5.41) is 0. The van der Waals surface area contributed by atoms with E-state index in [0.29, 0.717) is 0 Å². The molecule has 0 saturated carbocycles. The van der Waals surface area contributed by atoms with Gasteiger partial charge in [-0.05, 0) is 50.5 Å². The Labute approximate surface area is 271 Å².